The summed E-state index contributed by atoms with van der Waals surface area (Å²) in [5.74, 6) is 1.25. The van der Waals surface area contributed by atoms with E-state index in [0.717, 1.165) is 11.1 Å². The molecule has 0 atom stereocenters. The number of ether oxygens (including phenoxy) is 1. The van der Waals surface area contributed by atoms with E-state index in [1.165, 1.54) is 6.33 Å². The molecular weight excluding hydrogens is 428 g/mol. The number of aromatic nitrogens is 2. The second kappa shape index (κ2) is 9.99. The summed E-state index contributed by atoms with van der Waals surface area (Å²) in [7, 11) is 0. The third-order valence-corrected chi connectivity index (χ3v) is 5.47. The summed E-state index contributed by atoms with van der Waals surface area (Å²) in [4.78, 5) is 24.9. The lowest BCUT2D eigenvalue weighted by Gasteiger charge is -2.40. The standard InChI is InChI=1S/C26H32N6O2/c1-26(2,3)34-25(33)32-16-21(17-32)30-23-22(27)24(29-18-28-23)31(14-19-10-6-4-7-11-19)15-20-12-8-5-9-13-20/h4-13,18,21H,14-17,27H2,1-3H3,(H,28,29,30). The molecule has 2 aromatic carbocycles. The minimum absolute atomic E-state index is 0.0502. The zero-order chi connectivity index (χ0) is 24.1. The molecule has 1 aliphatic heterocycles. The van der Waals surface area contributed by atoms with E-state index in [2.05, 4.69) is 44.5 Å². The van der Waals surface area contributed by atoms with E-state index < -0.39 is 5.60 Å². The summed E-state index contributed by atoms with van der Waals surface area (Å²) < 4.78 is 5.43. The molecule has 0 unspecified atom stereocenters. The van der Waals surface area contributed by atoms with Crippen LogP contribution in [0.5, 0.6) is 0 Å². The van der Waals surface area contributed by atoms with Crippen molar-refractivity contribution in [3.05, 3.63) is 78.1 Å². The van der Waals surface area contributed by atoms with Crippen LogP contribution in [-0.2, 0) is 17.8 Å². The van der Waals surface area contributed by atoms with Gasteiger partial charge in [0.05, 0.1) is 6.04 Å². The lowest BCUT2D eigenvalue weighted by Crippen LogP contribution is -2.58. The summed E-state index contributed by atoms with van der Waals surface area (Å²) in [6.07, 6.45) is 1.22. The summed E-state index contributed by atoms with van der Waals surface area (Å²) in [5, 5.41) is 3.37. The van der Waals surface area contributed by atoms with E-state index in [1.54, 1.807) is 4.90 Å². The van der Waals surface area contributed by atoms with Crippen molar-refractivity contribution in [3.63, 3.8) is 0 Å². The number of anilines is 3. The number of carbonyl (C=O) groups excluding carboxylic acids is 1. The van der Waals surface area contributed by atoms with Crippen LogP contribution >= 0.6 is 0 Å². The van der Waals surface area contributed by atoms with Crippen molar-refractivity contribution in [1.29, 1.82) is 0 Å². The molecule has 1 amide bonds. The predicted molar refractivity (Wildman–Crippen MR) is 134 cm³/mol. The molecule has 4 rings (SSSR count). The number of nitrogens with two attached hydrogens (primary N) is 1. The highest BCUT2D eigenvalue weighted by Crippen LogP contribution is 2.30. The van der Waals surface area contributed by atoms with E-state index in [4.69, 9.17) is 10.5 Å². The highest BCUT2D eigenvalue weighted by atomic mass is 16.6. The molecule has 0 saturated carbocycles. The van der Waals surface area contributed by atoms with Crippen LogP contribution in [0.3, 0.4) is 0 Å². The largest absolute Gasteiger partial charge is 0.444 e. The summed E-state index contributed by atoms with van der Waals surface area (Å²) in [6, 6.07) is 20.5. The van der Waals surface area contributed by atoms with Crippen LogP contribution in [0.25, 0.3) is 0 Å². The average molecular weight is 461 g/mol. The molecule has 178 valence electrons. The van der Waals surface area contributed by atoms with Crippen molar-refractivity contribution >= 4 is 23.4 Å². The molecule has 1 saturated heterocycles. The molecule has 34 heavy (non-hydrogen) atoms. The zero-order valence-electron chi connectivity index (χ0n) is 19.9. The Morgan fingerprint density at radius 2 is 1.59 bits per heavy atom. The first-order valence-corrected chi connectivity index (χ1v) is 11.5. The van der Waals surface area contributed by atoms with Gasteiger partial charge in [-0.15, -0.1) is 0 Å². The normalized spacial score (nSPS) is 13.8. The predicted octanol–water partition coefficient (Wildman–Crippen LogP) is 4.30. The van der Waals surface area contributed by atoms with Crippen molar-refractivity contribution in [2.24, 2.45) is 0 Å². The molecule has 0 spiro atoms. The van der Waals surface area contributed by atoms with Crippen molar-refractivity contribution < 1.29 is 9.53 Å². The molecule has 1 aromatic heterocycles. The number of rotatable bonds is 7. The van der Waals surface area contributed by atoms with Crippen LogP contribution in [-0.4, -0.2) is 45.7 Å². The van der Waals surface area contributed by atoms with Crippen LogP contribution in [0.2, 0.25) is 0 Å². The van der Waals surface area contributed by atoms with Gasteiger partial charge in [-0.25, -0.2) is 14.8 Å². The Morgan fingerprint density at radius 3 is 2.12 bits per heavy atom. The molecule has 0 bridgehead atoms. The third kappa shape index (κ3) is 5.95. The van der Waals surface area contributed by atoms with Crippen LogP contribution in [0.1, 0.15) is 31.9 Å². The van der Waals surface area contributed by atoms with Crippen LogP contribution in [0.4, 0.5) is 22.1 Å². The maximum Gasteiger partial charge on any atom is 0.410 e. The van der Waals surface area contributed by atoms with Crippen molar-refractivity contribution in [1.82, 2.24) is 14.9 Å². The monoisotopic (exact) mass is 460 g/mol. The average Bonchev–Trinajstić information content (AvgIpc) is 2.77. The quantitative estimate of drug-likeness (QED) is 0.543. The second-order valence-electron chi connectivity index (χ2n) is 9.51. The maximum atomic E-state index is 12.2. The number of amides is 1. The zero-order valence-corrected chi connectivity index (χ0v) is 19.9. The smallest absolute Gasteiger partial charge is 0.410 e. The van der Waals surface area contributed by atoms with Crippen molar-refractivity contribution in [2.45, 2.75) is 45.5 Å². The minimum atomic E-state index is -0.511. The SMILES string of the molecule is CC(C)(C)OC(=O)N1CC(Nc2ncnc(N(Cc3ccccc3)Cc3ccccc3)c2N)C1. The van der Waals surface area contributed by atoms with Gasteiger partial charge in [0.1, 0.15) is 17.6 Å². The number of benzene rings is 2. The summed E-state index contributed by atoms with van der Waals surface area (Å²) in [5.41, 5.74) is 8.87. The topological polar surface area (TPSA) is 96.6 Å². The lowest BCUT2D eigenvalue weighted by molar-refractivity contribution is 0.0105. The first-order valence-electron chi connectivity index (χ1n) is 11.5. The molecule has 3 N–H and O–H groups in total. The Bertz CT molecular complexity index is 1050. The first-order chi connectivity index (χ1) is 16.3. The van der Waals surface area contributed by atoms with E-state index in [9.17, 15) is 4.79 Å². The Kier molecular flexibility index (Phi) is 6.86. The molecule has 1 aliphatic rings. The molecule has 8 heteroatoms. The van der Waals surface area contributed by atoms with Crippen molar-refractivity contribution in [3.8, 4) is 0 Å². The molecule has 0 aliphatic carbocycles. The van der Waals surface area contributed by atoms with E-state index >= 15 is 0 Å². The van der Waals surface area contributed by atoms with Gasteiger partial charge in [0, 0.05) is 26.2 Å². The Hall–Kier alpha value is -3.81. The van der Waals surface area contributed by atoms with Crippen LogP contribution < -0.4 is 16.0 Å². The molecule has 0 radical (unpaired) electrons. The van der Waals surface area contributed by atoms with Crippen LogP contribution in [0.15, 0.2) is 67.0 Å². The van der Waals surface area contributed by atoms with Gasteiger partial charge in [-0.05, 0) is 31.9 Å². The minimum Gasteiger partial charge on any atom is -0.444 e. The van der Waals surface area contributed by atoms with E-state index in [-0.39, 0.29) is 12.1 Å². The van der Waals surface area contributed by atoms with Gasteiger partial charge in [0.2, 0.25) is 0 Å². The van der Waals surface area contributed by atoms with Gasteiger partial charge in [0.25, 0.3) is 0 Å². The fourth-order valence-electron chi connectivity index (χ4n) is 3.81. The highest BCUT2D eigenvalue weighted by Gasteiger charge is 2.34. The van der Waals surface area contributed by atoms with Crippen molar-refractivity contribution in [2.75, 3.05) is 29.0 Å². The summed E-state index contributed by atoms with van der Waals surface area (Å²) in [6.45, 7) is 7.97. The third-order valence-electron chi connectivity index (χ3n) is 5.47. The van der Waals surface area contributed by atoms with Gasteiger partial charge in [-0.2, -0.15) is 0 Å². The number of nitrogen functional groups attached to an aromatic ring is 1. The second-order valence-corrected chi connectivity index (χ2v) is 9.51. The molecule has 3 aromatic rings. The molecular formula is C26H32N6O2. The number of hydrogen-bond donors (Lipinski definition) is 2. The maximum absolute atomic E-state index is 12.2. The number of carbonyl (C=O) groups is 1. The number of nitrogens with one attached hydrogen (secondary N) is 1. The highest BCUT2D eigenvalue weighted by molar-refractivity contribution is 5.76. The first kappa shape index (κ1) is 23.4. The Balaban J connectivity index is 1.48. The molecule has 1 fully saturated rings. The van der Waals surface area contributed by atoms with Gasteiger partial charge in [0.15, 0.2) is 11.6 Å². The lowest BCUT2D eigenvalue weighted by atomic mass is 10.1. The summed E-state index contributed by atoms with van der Waals surface area (Å²) >= 11 is 0. The van der Waals surface area contributed by atoms with Gasteiger partial charge in [-0.3, -0.25) is 0 Å². The Labute approximate surface area is 200 Å². The fourth-order valence-corrected chi connectivity index (χ4v) is 3.81. The van der Waals surface area contributed by atoms with E-state index in [1.807, 2.05) is 57.2 Å². The number of hydrogen-bond acceptors (Lipinski definition) is 7. The van der Waals surface area contributed by atoms with Gasteiger partial charge >= 0.3 is 6.09 Å². The number of nitrogens with zero attached hydrogens (tertiary/aromatic N) is 4. The number of likely N-dealkylation sites (tertiary alicyclic amines) is 1. The van der Waals surface area contributed by atoms with E-state index in [0.29, 0.717) is 43.5 Å². The molecule has 8 nitrogen and oxygen atoms in total. The van der Waals surface area contributed by atoms with Gasteiger partial charge < -0.3 is 25.6 Å². The van der Waals surface area contributed by atoms with Crippen LogP contribution in [0, 0.1) is 0 Å². The molecule has 2 heterocycles. The van der Waals surface area contributed by atoms with Gasteiger partial charge in [-0.1, -0.05) is 60.7 Å². The fraction of sp³-hybridized carbons (Fsp3) is 0.346. The Morgan fingerprint density at radius 1 is 1.03 bits per heavy atom.